The van der Waals surface area contributed by atoms with Gasteiger partial charge in [0.05, 0.1) is 11.1 Å². The van der Waals surface area contributed by atoms with Crippen LogP contribution in [0.4, 0.5) is 8.78 Å². The molecule has 0 bridgehead atoms. The molecule has 0 aliphatic rings. The van der Waals surface area contributed by atoms with Crippen LogP contribution in [-0.2, 0) is 0 Å². The van der Waals surface area contributed by atoms with Gasteiger partial charge in [-0.15, -0.1) is 11.8 Å². The molecular formula is C19H14F2N4OS. The molecule has 0 spiro atoms. The average Bonchev–Trinajstić information content (AvgIpc) is 3.07. The smallest absolute Gasteiger partial charge is 0.324 e. The molecule has 27 heavy (non-hydrogen) atoms. The number of H-pyrrole nitrogens is 1. The van der Waals surface area contributed by atoms with Crippen LogP contribution >= 0.6 is 11.8 Å². The Kier molecular flexibility index (Phi) is 4.49. The number of nitrogens with one attached hydrogen (secondary N) is 1. The second-order valence-corrected chi connectivity index (χ2v) is 6.73. The molecule has 2 aromatic heterocycles. The lowest BCUT2D eigenvalue weighted by molar-refractivity contribution is 0.409. The van der Waals surface area contributed by atoms with Gasteiger partial charge in [-0.1, -0.05) is 6.07 Å². The molecule has 2 aromatic carbocycles. The molecule has 4 aromatic rings. The minimum Gasteiger partial charge on any atom is -0.421 e. The number of ether oxygens (including phenoxy) is 1. The van der Waals surface area contributed by atoms with Crippen molar-refractivity contribution in [2.45, 2.75) is 11.8 Å². The maximum Gasteiger partial charge on any atom is 0.324 e. The van der Waals surface area contributed by atoms with Crippen LogP contribution in [0.1, 0.15) is 5.56 Å². The molecule has 0 unspecified atom stereocenters. The molecule has 0 atom stereocenters. The van der Waals surface area contributed by atoms with Crippen LogP contribution in [-0.4, -0.2) is 26.4 Å². The van der Waals surface area contributed by atoms with E-state index >= 15 is 0 Å². The van der Waals surface area contributed by atoms with Gasteiger partial charge in [0.15, 0.2) is 17.2 Å². The zero-order chi connectivity index (χ0) is 19.0. The molecule has 0 saturated carbocycles. The zero-order valence-electron chi connectivity index (χ0n) is 14.5. The van der Waals surface area contributed by atoms with E-state index in [0.717, 1.165) is 39.2 Å². The lowest BCUT2D eigenvalue weighted by Gasteiger charge is -2.07. The minimum atomic E-state index is -0.828. The van der Waals surface area contributed by atoms with Gasteiger partial charge >= 0.3 is 6.01 Å². The van der Waals surface area contributed by atoms with Crippen molar-refractivity contribution in [2.24, 2.45) is 0 Å². The van der Waals surface area contributed by atoms with E-state index in [4.69, 9.17) is 4.74 Å². The summed E-state index contributed by atoms with van der Waals surface area (Å²) in [6, 6.07) is 9.13. The summed E-state index contributed by atoms with van der Waals surface area (Å²) in [5, 5.41) is 7.93. The SMILES string of the molecule is CSc1ccc(C)c(-c2[nH]nc3nc(Oc4ccc(F)cc4F)ncc23)c1. The average molecular weight is 384 g/mol. The summed E-state index contributed by atoms with van der Waals surface area (Å²) >= 11 is 1.65. The summed E-state index contributed by atoms with van der Waals surface area (Å²) in [5.41, 5.74) is 3.29. The highest BCUT2D eigenvalue weighted by Gasteiger charge is 2.15. The molecule has 0 radical (unpaired) electrons. The van der Waals surface area contributed by atoms with Gasteiger partial charge in [-0.05, 0) is 43.0 Å². The van der Waals surface area contributed by atoms with Crippen LogP contribution in [0.25, 0.3) is 22.3 Å². The third kappa shape index (κ3) is 3.35. The number of aromatic amines is 1. The maximum absolute atomic E-state index is 13.7. The van der Waals surface area contributed by atoms with Crippen LogP contribution in [0.2, 0.25) is 0 Å². The van der Waals surface area contributed by atoms with E-state index in [9.17, 15) is 8.78 Å². The number of rotatable bonds is 4. The van der Waals surface area contributed by atoms with Gasteiger partial charge in [-0.3, -0.25) is 5.10 Å². The summed E-state index contributed by atoms with van der Waals surface area (Å²) in [6.45, 7) is 2.02. The fraction of sp³-hybridized carbons (Fsp3) is 0.105. The predicted octanol–water partition coefficient (Wildman–Crippen LogP) is 5.12. The Balaban J connectivity index is 1.72. The van der Waals surface area contributed by atoms with Crippen molar-refractivity contribution in [2.75, 3.05) is 6.26 Å². The lowest BCUT2D eigenvalue weighted by Crippen LogP contribution is -1.94. The molecule has 136 valence electrons. The van der Waals surface area contributed by atoms with Gasteiger partial charge in [0, 0.05) is 22.7 Å². The minimum absolute atomic E-state index is 0.0688. The number of thioether (sulfide) groups is 1. The molecule has 1 N–H and O–H groups in total. The topological polar surface area (TPSA) is 63.7 Å². The highest BCUT2D eigenvalue weighted by atomic mass is 32.2. The molecule has 0 amide bonds. The summed E-state index contributed by atoms with van der Waals surface area (Å²) < 4.78 is 32.1. The first-order chi connectivity index (χ1) is 13.0. The van der Waals surface area contributed by atoms with Crippen molar-refractivity contribution in [3.05, 3.63) is 59.8 Å². The summed E-state index contributed by atoms with van der Waals surface area (Å²) in [7, 11) is 0. The van der Waals surface area contributed by atoms with Crippen LogP contribution in [0.3, 0.4) is 0 Å². The van der Waals surface area contributed by atoms with Gasteiger partial charge in [-0.25, -0.2) is 13.8 Å². The largest absolute Gasteiger partial charge is 0.421 e. The van der Waals surface area contributed by atoms with Crippen LogP contribution in [0.5, 0.6) is 11.8 Å². The Bertz CT molecular complexity index is 1150. The number of hydrogen-bond donors (Lipinski definition) is 1. The van der Waals surface area contributed by atoms with Crippen molar-refractivity contribution in [1.29, 1.82) is 0 Å². The number of hydrogen-bond acceptors (Lipinski definition) is 5. The number of benzene rings is 2. The first kappa shape index (κ1) is 17.4. The monoisotopic (exact) mass is 384 g/mol. The molecule has 8 heteroatoms. The van der Waals surface area contributed by atoms with E-state index in [1.165, 1.54) is 6.07 Å². The fourth-order valence-electron chi connectivity index (χ4n) is 2.70. The number of aryl methyl sites for hydroxylation is 1. The van der Waals surface area contributed by atoms with Gasteiger partial charge in [0.25, 0.3) is 0 Å². The van der Waals surface area contributed by atoms with E-state index in [2.05, 4.69) is 32.3 Å². The molecule has 0 saturated heterocycles. The second-order valence-electron chi connectivity index (χ2n) is 5.85. The molecule has 0 fully saturated rings. The Labute approximate surface area is 157 Å². The molecule has 0 aliphatic heterocycles. The predicted molar refractivity (Wildman–Crippen MR) is 100 cm³/mol. The van der Waals surface area contributed by atoms with E-state index in [1.54, 1.807) is 18.0 Å². The molecule has 5 nitrogen and oxygen atoms in total. The number of halogens is 2. The third-order valence-electron chi connectivity index (χ3n) is 4.10. The van der Waals surface area contributed by atoms with E-state index in [1.807, 2.05) is 19.2 Å². The number of nitrogens with zero attached hydrogens (tertiary/aromatic N) is 3. The summed E-state index contributed by atoms with van der Waals surface area (Å²) in [4.78, 5) is 9.48. The van der Waals surface area contributed by atoms with Crippen LogP contribution < -0.4 is 4.74 Å². The maximum atomic E-state index is 13.7. The first-order valence-electron chi connectivity index (χ1n) is 8.04. The highest BCUT2D eigenvalue weighted by Crippen LogP contribution is 2.32. The quantitative estimate of drug-likeness (QED) is 0.495. The molecule has 0 aliphatic carbocycles. The Morgan fingerprint density at radius 3 is 2.74 bits per heavy atom. The molecular weight excluding hydrogens is 370 g/mol. The van der Waals surface area contributed by atoms with Crippen molar-refractivity contribution in [3.8, 4) is 23.0 Å². The summed E-state index contributed by atoms with van der Waals surface area (Å²) in [5.74, 6) is -1.67. The van der Waals surface area contributed by atoms with Gasteiger partial charge in [0.1, 0.15) is 5.82 Å². The highest BCUT2D eigenvalue weighted by molar-refractivity contribution is 7.98. The Morgan fingerprint density at radius 1 is 1.11 bits per heavy atom. The standard InChI is InChI=1S/C19H14F2N4OS/c1-10-3-5-12(27-2)8-13(10)17-14-9-22-19(23-18(14)25-24-17)26-16-6-4-11(20)7-15(16)21/h3-9H,1-2H3,(H,22,23,24,25). The van der Waals surface area contributed by atoms with E-state index < -0.39 is 11.6 Å². The summed E-state index contributed by atoms with van der Waals surface area (Å²) in [6.07, 6.45) is 3.59. The van der Waals surface area contributed by atoms with Crippen molar-refractivity contribution in [1.82, 2.24) is 20.2 Å². The molecule has 2 heterocycles. The Hall–Kier alpha value is -3.00. The zero-order valence-corrected chi connectivity index (χ0v) is 15.3. The van der Waals surface area contributed by atoms with Gasteiger partial charge < -0.3 is 4.74 Å². The van der Waals surface area contributed by atoms with Crippen molar-refractivity contribution < 1.29 is 13.5 Å². The fourth-order valence-corrected chi connectivity index (χ4v) is 3.14. The van der Waals surface area contributed by atoms with Crippen LogP contribution in [0.15, 0.2) is 47.5 Å². The first-order valence-corrected chi connectivity index (χ1v) is 9.26. The van der Waals surface area contributed by atoms with Crippen LogP contribution in [0, 0.1) is 18.6 Å². The number of aromatic nitrogens is 4. The van der Waals surface area contributed by atoms with Gasteiger partial charge in [-0.2, -0.15) is 10.1 Å². The van der Waals surface area contributed by atoms with Gasteiger partial charge in [0.2, 0.25) is 0 Å². The normalized spacial score (nSPS) is 11.1. The third-order valence-corrected chi connectivity index (χ3v) is 4.82. The second kappa shape index (κ2) is 6.96. The van der Waals surface area contributed by atoms with E-state index in [-0.39, 0.29) is 11.8 Å². The van der Waals surface area contributed by atoms with Crippen molar-refractivity contribution >= 4 is 22.8 Å². The van der Waals surface area contributed by atoms with E-state index in [0.29, 0.717) is 5.65 Å². The number of fused-ring (bicyclic) bond motifs is 1. The lowest BCUT2D eigenvalue weighted by atomic mass is 10.0. The Morgan fingerprint density at radius 2 is 1.96 bits per heavy atom. The van der Waals surface area contributed by atoms with Crippen molar-refractivity contribution in [3.63, 3.8) is 0 Å². The molecule has 4 rings (SSSR count).